The van der Waals surface area contributed by atoms with Gasteiger partial charge in [0, 0.05) is 5.69 Å². The van der Waals surface area contributed by atoms with Crippen molar-refractivity contribution < 1.29 is 14.3 Å². The van der Waals surface area contributed by atoms with E-state index in [4.69, 9.17) is 15.2 Å². The van der Waals surface area contributed by atoms with Crippen LogP contribution in [0.3, 0.4) is 0 Å². The third-order valence-electron chi connectivity index (χ3n) is 3.04. The number of hydrogen-bond donors (Lipinski definition) is 1. The van der Waals surface area contributed by atoms with Gasteiger partial charge >= 0.3 is 5.97 Å². The van der Waals surface area contributed by atoms with Crippen molar-refractivity contribution in [1.29, 1.82) is 0 Å². The van der Waals surface area contributed by atoms with E-state index in [1.54, 1.807) is 25.3 Å². The molecular formula is C16H17NO3. The molecule has 0 bridgehead atoms. The molecule has 0 spiro atoms. The Morgan fingerprint density at radius 1 is 1.15 bits per heavy atom. The van der Waals surface area contributed by atoms with Gasteiger partial charge in [0.15, 0.2) is 0 Å². The average molecular weight is 271 g/mol. The first-order chi connectivity index (χ1) is 9.60. The Labute approximate surface area is 118 Å². The molecule has 0 saturated carbocycles. The van der Waals surface area contributed by atoms with Crippen LogP contribution in [0.2, 0.25) is 0 Å². The standard InChI is InChI=1S/C16H17NO3/c1-11-3-6-13(9-15(11)17)16(18)20-10-12-4-7-14(19-2)8-5-12/h3-9H,10,17H2,1-2H3. The lowest BCUT2D eigenvalue weighted by atomic mass is 10.1. The number of aryl methyl sites for hydroxylation is 1. The van der Waals surface area contributed by atoms with Crippen LogP contribution in [0.15, 0.2) is 42.5 Å². The summed E-state index contributed by atoms with van der Waals surface area (Å²) in [5.74, 6) is 0.388. The molecule has 0 aromatic heterocycles. The number of anilines is 1. The molecule has 0 unspecified atom stereocenters. The van der Waals surface area contributed by atoms with Crippen LogP contribution in [0.4, 0.5) is 5.69 Å². The highest BCUT2D eigenvalue weighted by molar-refractivity contribution is 5.90. The highest BCUT2D eigenvalue weighted by Crippen LogP contribution is 2.15. The summed E-state index contributed by atoms with van der Waals surface area (Å²) >= 11 is 0. The van der Waals surface area contributed by atoms with E-state index in [2.05, 4.69) is 0 Å². The van der Waals surface area contributed by atoms with Gasteiger partial charge in [-0.05, 0) is 42.3 Å². The zero-order valence-electron chi connectivity index (χ0n) is 11.6. The number of nitrogens with two attached hydrogens (primary N) is 1. The van der Waals surface area contributed by atoms with Gasteiger partial charge in [-0.25, -0.2) is 4.79 Å². The second-order valence-electron chi connectivity index (χ2n) is 4.50. The fourth-order valence-corrected chi connectivity index (χ4v) is 1.72. The number of benzene rings is 2. The quantitative estimate of drug-likeness (QED) is 0.686. The fourth-order valence-electron chi connectivity index (χ4n) is 1.72. The number of hydrogen-bond acceptors (Lipinski definition) is 4. The molecule has 0 aliphatic carbocycles. The van der Waals surface area contributed by atoms with Crippen molar-refractivity contribution in [3.8, 4) is 5.75 Å². The van der Waals surface area contributed by atoms with Gasteiger partial charge in [0.25, 0.3) is 0 Å². The van der Waals surface area contributed by atoms with Gasteiger partial charge in [-0.15, -0.1) is 0 Å². The molecule has 2 N–H and O–H groups in total. The van der Waals surface area contributed by atoms with Crippen LogP contribution in [0.1, 0.15) is 21.5 Å². The molecular weight excluding hydrogens is 254 g/mol. The van der Waals surface area contributed by atoms with E-state index in [0.717, 1.165) is 16.9 Å². The van der Waals surface area contributed by atoms with Gasteiger partial charge in [0.1, 0.15) is 12.4 Å². The summed E-state index contributed by atoms with van der Waals surface area (Å²) in [6.07, 6.45) is 0. The summed E-state index contributed by atoms with van der Waals surface area (Å²) in [6, 6.07) is 12.5. The Morgan fingerprint density at radius 3 is 2.45 bits per heavy atom. The number of methoxy groups -OCH3 is 1. The highest BCUT2D eigenvalue weighted by Gasteiger charge is 2.08. The van der Waals surface area contributed by atoms with Crippen molar-refractivity contribution in [3.05, 3.63) is 59.2 Å². The topological polar surface area (TPSA) is 61.5 Å². The van der Waals surface area contributed by atoms with Crippen LogP contribution in [-0.2, 0) is 11.3 Å². The Kier molecular flexibility index (Phi) is 4.25. The van der Waals surface area contributed by atoms with E-state index in [1.165, 1.54) is 0 Å². The van der Waals surface area contributed by atoms with E-state index < -0.39 is 0 Å². The van der Waals surface area contributed by atoms with Crippen LogP contribution in [0, 0.1) is 6.92 Å². The Morgan fingerprint density at radius 2 is 1.85 bits per heavy atom. The van der Waals surface area contributed by atoms with Crippen molar-refractivity contribution >= 4 is 11.7 Å². The summed E-state index contributed by atoms with van der Waals surface area (Å²) in [4.78, 5) is 11.9. The van der Waals surface area contributed by atoms with Crippen molar-refractivity contribution in [2.24, 2.45) is 0 Å². The van der Waals surface area contributed by atoms with Gasteiger partial charge in [0.2, 0.25) is 0 Å². The molecule has 0 aliphatic rings. The van der Waals surface area contributed by atoms with Crippen molar-refractivity contribution in [2.75, 3.05) is 12.8 Å². The monoisotopic (exact) mass is 271 g/mol. The number of nitrogen functional groups attached to an aromatic ring is 1. The minimum absolute atomic E-state index is 0.219. The maximum Gasteiger partial charge on any atom is 0.338 e. The molecule has 2 aromatic rings. The van der Waals surface area contributed by atoms with Gasteiger partial charge in [-0.3, -0.25) is 0 Å². The second-order valence-corrected chi connectivity index (χ2v) is 4.50. The number of ether oxygens (including phenoxy) is 2. The van der Waals surface area contributed by atoms with E-state index in [-0.39, 0.29) is 12.6 Å². The van der Waals surface area contributed by atoms with E-state index in [1.807, 2.05) is 31.2 Å². The SMILES string of the molecule is COc1ccc(COC(=O)c2ccc(C)c(N)c2)cc1. The summed E-state index contributed by atoms with van der Waals surface area (Å²) in [5.41, 5.74) is 8.67. The molecule has 104 valence electrons. The molecule has 0 aliphatic heterocycles. The molecule has 4 heteroatoms. The highest BCUT2D eigenvalue weighted by atomic mass is 16.5. The lowest BCUT2D eigenvalue weighted by molar-refractivity contribution is 0.0473. The summed E-state index contributed by atoms with van der Waals surface area (Å²) in [5, 5.41) is 0. The molecule has 0 radical (unpaired) electrons. The third kappa shape index (κ3) is 3.29. The minimum Gasteiger partial charge on any atom is -0.497 e. The Balaban J connectivity index is 1.98. The van der Waals surface area contributed by atoms with Crippen LogP contribution in [-0.4, -0.2) is 13.1 Å². The number of rotatable bonds is 4. The van der Waals surface area contributed by atoms with E-state index in [0.29, 0.717) is 11.3 Å². The predicted octanol–water partition coefficient (Wildman–Crippen LogP) is 2.94. The largest absolute Gasteiger partial charge is 0.497 e. The first-order valence-electron chi connectivity index (χ1n) is 6.26. The van der Waals surface area contributed by atoms with Gasteiger partial charge in [-0.2, -0.15) is 0 Å². The molecule has 0 fully saturated rings. The zero-order chi connectivity index (χ0) is 14.5. The van der Waals surface area contributed by atoms with Crippen molar-refractivity contribution in [2.45, 2.75) is 13.5 Å². The molecule has 4 nitrogen and oxygen atoms in total. The first kappa shape index (κ1) is 13.9. The lowest BCUT2D eigenvalue weighted by Crippen LogP contribution is -2.06. The molecule has 0 amide bonds. The summed E-state index contributed by atoms with van der Waals surface area (Å²) in [6.45, 7) is 2.11. The van der Waals surface area contributed by atoms with Crippen LogP contribution >= 0.6 is 0 Å². The van der Waals surface area contributed by atoms with Gasteiger partial charge in [0.05, 0.1) is 12.7 Å². The van der Waals surface area contributed by atoms with E-state index in [9.17, 15) is 4.79 Å². The number of esters is 1. The maximum atomic E-state index is 11.9. The first-order valence-corrected chi connectivity index (χ1v) is 6.26. The Bertz CT molecular complexity index is 606. The van der Waals surface area contributed by atoms with Gasteiger partial charge in [-0.1, -0.05) is 18.2 Å². The number of carbonyl (C=O) groups excluding carboxylic acids is 1. The average Bonchev–Trinajstić information content (AvgIpc) is 2.48. The Hall–Kier alpha value is -2.49. The van der Waals surface area contributed by atoms with E-state index >= 15 is 0 Å². The summed E-state index contributed by atoms with van der Waals surface area (Å²) in [7, 11) is 1.61. The smallest absolute Gasteiger partial charge is 0.338 e. The molecule has 0 atom stereocenters. The normalized spacial score (nSPS) is 10.1. The fraction of sp³-hybridized carbons (Fsp3) is 0.188. The molecule has 0 saturated heterocycles. The van der Waals surface area contributed by atoms with Gasteiger partial charge < -0.3 is 15.2 Å². The molecule has 20 heavy (non-hydrogen) atoms. The van der Waals surface area contributed by atoms with Crippen molar-refractivity contribution in [1.82, 2.24) is 0 Å². The lowest BCUT2D eigenvalue weighted by Gasteiger charge is -2.07. The van der Waals surface area contributed by atoms with Crippen LogP contribution in [0.25, 0.3) is 0 Å². The molecule has 0 heterocycles. The van der Waals surface area contributed by atoms with Crippen LogP contribution < -0.4 is 10.5 Å². The molecule has 2 aromatic carbocycles. The minimum atomic E-state index is -0.382. The third-order valence-corrected chi connectivity index (χ3v) is 3.04. The number of carbonyl (C=O) groups is 1. The maximum absolute atomic E-state index is 11.9. The van der Waals surface area contributed by atoms with Crippen molar-refractivity contribution in [3.63, 3.8) is 0 Å². The molecule has 2 rings (SSSR count). The summed E-state index contributed by atoms with van der Waals surface area (Å²) < 4.78 is 10.3. The second kappa shape index (κ2) is 6.10. The van der Waals surface area contributed by atoms with Crippen LogP contribution in [0.5, 0.6) is 5.75 Å². The predicted molar refractivity (Wildman–Crippen MR) is 77.7 cm³/mol. The zero-order valence-corrected chi connectivity index (χ0v) is 11.6.